The molecule has 1 fully saturated rings. The van der Waals surface area contributed by atoms with Crippen molar-refractivity contribution in [2.24, 2.45) is 0 Å². The molecule has 0 unspecified atom stereocenters. The molecule has 1 saturated carbocycles. The smallest absolute Gasteiger partial charge is 0.410 e. The largest absolute Gasteiger partial charge is 0.444 e. The van der Waals surface area contributed by atoms with Crippen LogP contribution in [0.15, 0.2) is 0 Å². The zero-order valence-electron chi connectivity index (χ0n) is 12.4. The maximum absolute atomic E-state index is 12.0. The molecular weight excluding hydrogens is 230 g/mol. The van der Waals surface area contributed by atoms with Gasteiger partial charge in [-0.3, -0.25) is 0 Å². The lowest BCUT2D eigenvalue weighted by Crippen LogP contribution is -2.44. The first-order chi connectivity index (χ1) is 8.31. The normalized spacial score (nSPS) is 17.4. The summed E-state index contributed by atoms with van der Waals surface area (Å²) in [4.78, 5) is 13.7. The van der Waals surface area contributed by atoms with Crippen LogP contribution in [0.1, 0.15) is 53.4 Å². The molecule has 4 nitrogen and oxygen atoms in total. The molecule has 1 aliphatic rings. The van der Waals surface area contributed by atoms with Gasteiger partial charge < -0.3 is 14.4 Å². The number of unbranched alkanes of at least 4 members (excludes halogenated alkanes) is 1. The van der Waals surface area contributed by atoms with Gasteiger partial charge in [-0.05, 0) is 40.0 Å². The highest BCUT2D eigenvalue weighted by Gasteiger charge is 2.49. The molecule has 0 atom stereocenters. The predicted octanol–water partition coefficient (Wildman–Crippen LogP) is 3.20. The topological polar surface area (TPSA) is 38.8 Å². The minimum atomic E-state index is -0.440. The van der Waals surface area contributed by atoms with Crippen molar-refractivity contribution in [3.05, 3.63) is 0 Å². The molecule has 18 heavy (non-hydrogen) atoms. The molecule has 0 aromatic heterocycles. The molecular formula is C14H27NO3. The quantitative estimate of drug-likeness (QED) is 0.686. The van der Waals surface area contributed by atoms with Crippen LogP contribution < -0.4 is 0 Å². The molecule has 106 valence electrons. The van der Waals surface area contributed by atoms with Crippen LogP contribution in [0.5, 0.6) is 0 Å². The molecule has 1 aliphatic carbocycles. The Morgan fingerprint density at radius 1 is 1.33 bits per heavy atom. The van der Waals surface area contributed by atoms with Crippen LogP contribution in [-0.2, 0) is 9.47 Å². The molecule has 0 aromatic carbocycles. The van der Waals surface area contributed by atoms with Crippen molar-refractivity contribution in [2.75, 3.05) is 20.3 Å². The Bertz CT molecular complexity index is 279. The standard InChI is InChI=1S/C14H27NO3/c1-6-7-10-17-11-14(8-9-14)15(5)12(16)18-13(2,3)4/h6-11H2,1-5H3. The number of amides is 1. The Morgan fingerprint density at radius 2 is 1.94 bits per heavy atom. The van der Waals surface area contributed by atoms with Gasteiger partial charge >= 0.3 is 6.09 Å². The van der Waals surface area contributed by atoms with Gasteiger partial charge in [0.15, 0.2) is 0 Å². The Labute approximate surface area is 111 Å². The Hall–Kier alpha value is -0.770. The van der Waals surface area contributed by atoms with E-state index < -0.39 is 5.60 Å². The Kier molecular flexibility index (Phi) is 5.02. The van der Waals surface area contributed by atoms with Gasteiger partial charge in [0, 0.05) is 13.7 Å². The van der Waals surface area contributed by atoms with Crippen molar-refractivity contribution in [1.29, 1.82) is 0 Å². The average molecular weight is 257 g/mol. The highest BCUT2D eigenvalue weighted by Crippen LogP contribution is 2.41. The first-order valence-electron chi connectivity index (χ1n) is 6.85. The van der Waals surface area contributed by atoms with E-state index >= 15 is 0 Å². The molecule has 0 saturated heterocycles. The zero-order chi connectivity index (χ0) is 13.8. The van der Waals surface area contributed by atoms with Crippen molar-refractivity contribution < 1.29 is 14.3 Å². The number of likely N-dealkylation sites (N-methyl/N-ethyl adjacent to an activating group) is 1. The number of carbonyl (C=O) groups excluding carboxylic acids is 1. The van der Waals surface area contributed by atoms with Gasteiger partial charge in [-0.25, -0.2) is 4.79 Å². The third kappa shape index (κ3) is 4.48. The molecule has 0 heterocycles. The van der Waals surface area contributed by atoms with Crippen LogP contribution in [0, 0.1) is 0 Å². The number of carbonyl (C=O) groups is 1. The molecule has 1 rings (SSSR count). The molecule has 0 N–H and O–H groups in total. The van der Waals surface area contributed by atoms with E-state index in [1.54, 1.807) is 4.90 Å². The second-order valence-electron chi connectivity index (χ2n) is 6.17. The highest BCUT2D eigenvalue weighted by atomic mass is 16.6. The summed E-state index contributed by atoms with van der Waals surface area (Å²) in [6.45, 7) is 9.20. The number of hydrogen-bond acceptors (Lipinski definition) is 3. The number of ether oxygens (including phenoxy) is 2. The van der Waals surface area contributed by atoms with Gasteiger partial charge in [0.25, 0.3) is 0 Å². The number of hydrogen-bond donors (Lipinski definition) is 0. The first kappa shape index (κ1) is 15.3. The van der Waals surface area contributed by atoms with E-state index in [1.165, 1.54) is 0 Å². The fourth-order valence-electron chi connectivity index (χ4n) is 1.75. The molecule has 4 heteroatoms. The third-order valence-corrected chi connectivity index (χ3v) is 3.22. The lowest BCUT2D eigenvalue weighted by Gasteiger charge is -2.30. The van der Waals surface area contributed by atoms with Gasteiger partial charge in [0.2, 0.25) is 0 Å². The summed E-state index contributed by atoms with van der Waals surface area (Å²) >= 11 is 0. The van der Waals surface area contributed by atoms with Crippen LogP contribution in [-0.4, -0.2) is 42.4 Å². The Morgan fingerprint density at radius 3 is 2.39 bits per heavy atom. The summed E-state index contributed by atoms with van der Waals surface area (Å²) in [7, 11) is 1.81. The van der Waals surface area contributed by atoms with Crippen molar-refractivity contribution in [3.8, 4) is 0 Å². The summed E-state index contributed by atoms with van der Waals surface area (Å²) in [6, 6.07) is 0. The van der Waals surface area contributed by atoms with E-state index in [0.29, 0.717) is 6.61 Å². The van der Waals surface area contributed by atoms with Gasteiger partial charge in [-0.15, -0.1) is 0 Å². The van der Waals surface area contributed by atoms with Crippen molar-refractivity contribution >= 4 is 6.09 Å². The minimum Gasteiger partial charge on any atom is -0.444 e. The summed E-state index contributed by atoms with van der Waals surface area (Å²) in [6.07, 6.45) is 3.98. The van der Waals surface area contributed by atoms with Gasteiger partial charge in [0.1, 0.15) is 5.60 Å². The van der Waals surface area contributed by atoms with E-state index in [1.807, 2.05) is 27.8 Å². The molecule has 0 spiro atoms. The van der Waals surface area contributed by atoms with Crippen molar-refractivity contribution in [2.45, 2.75) is 64.5 Å². The predicted molar refractivity (Wildman–Crippen MR) is 71.7 cm³/mol. The van der Waals surface area contributed by atoms with Crippen LogP contribution in [0.3, 0.4) is 0 Å². The monoisotopic (exact) mass is 257 g/mol. The van der Waals surface area contributed by atoms with Crippen LogP contribution in [0.4, 0.5) is 4.79 Å². The zero-order valence-corrected chi connectivity index (χ0v) is 12.4. The van der Waals surface area contributed by atoms with Gasteiger partial charge in [-0.1, -0.05) is 13.3 Å². The summed E-state index contributed by atoms with van der Waals surface area (Å²) < 4.78 is 11.0. The van der Waals surface area contributed by atoms with E-state index in [4.69, 9.17) is 9.47 Å². The lowest BCUT2D eigenvalue weighted by atomic mass is 10.2. The summed E-state index contributed by atoms with van der Waals surface area (Å²) in [5.74, 6) is 0. The molecule has 1 amide bonds. The molecule has 0 bridgehead atoms. The van der Waals surface area contributed by atoms with Crippen molar-refractivity contribution in [3.63, 3.8) is 0 Å². The molecule has 0 aliphatic heterocycles. The SMILES string of the molecule is CCCCOCC1(N(C)C(=O)OC(C)(C)C)CC1. The number of rotatable bonds is 6. The van der Waals surface area contributed by atoms with E-state index in [0.717, 1.165) is 32.3 Å². The van der Waals surface area contributed by atoms with Crippen LogP contribution in [0.2, 0.25) is 0 Å². The second-order valence-corrected chi connectivity index (χ2v) is 6.17. The maximum atomic E-state index is 12.0. The number of nitrogens with zero attached hydrogens (tertiary/aromatic N) is 1. The maximum Gasteiger partial charge on any atom is 0.410 e. The van der Waals surface area contributed by atoms with Crippen LogP contribution >= 0.6 is 0 Å². The van der Waals surface area contributed by atoms with Crippen molar-refractivity contribution in [1.82, 2.24) is 4.90 Å². The van der Waals surface area contributed by atoms with E-state index in [2.05, 4.69) is 6.92 Å². The van der Waals surface area contributed by atoms with E-state index in [9.17, 15) is 4.79 Å². The summed E-state index contributed by atoms with van der Waals surface area (Å²) in [5, 5.41) is 0. The third-order valence-electron chi connectivity index (χ3n) is 3.22. The van der Waals surface area contributed by atoms with Gasteiger partial charge in [0.05, 0.1) is 12.1 Å². The summed E-state index contributed by atoms with van der Waals surface area (Å²) in [5.41, 5.74) is -0.555. The Balaban J connectivity index is 2.40. The fraction of sp³-hybridized carbons (Fsp3) is 0.929. The van der Waals surface area contributed by atoms with Crippen LogP contribution in [0.25, 0.3) is 0 Å². The second kappa shape index (κ2) is 5.91. The fourth-order valence-corrected chi connectivity index (χ4v) is 1.75. The molecule has 0 radical (unpaired) electrons. The average Bonchev–Trinajstić information content (AvgIpc) is 3.02. The highest BCUT2D eigenvalue weighted by molar-refractivity contribution is 5.69. The first-order valence-corrected chi connectivity index (χ1v) is 6.85. The molecule has 0 aromatic rings. The minimum absolute atomic E-state index is 0.115. The van der Waals surface area contributed by atoms with Gasteiger partial charge in [-0.2, -0.15) is 0 Å². The van der Waals surface area contributed by atoms with E-state index in [-0.39, 0.29) is 11.6 Å². The lowest BCUT2D eigenvalue weighted by molar-refractivity contribution is 0.00261.